The summed E-state index contributed by atoms with van der Waals surface area (Å²) in [5.74, 6) is -0.686. The Bertz CT molecular complexity index is 1110. The van der Waals surface area contributed by atoms with Gasteiger partial charge in [0.2, 0.25) is 0 Å². The summed E-state index contributed by atoms with van der Waals surface area (Å²) in [5, 5.41) is 0.913. The van der Waals surface area contributed by atoms with E-state index in [1.165, 1.54) is 32.4 Å². The van der Waals surface area contributed by atoms with Gasteiger partial charge in [-0.05, 0) is 18.2 Å². The van der Waals surface area contributed by atoms with Gasteiger partial charge >= 0.3 is 11.9 Å². The average molecular weight is 452 g/mol. The fourth-order valence-electron chi connectivity index (χ4n) is 2.47. The van der Waals surface area contributed by atoms with Crippen LogP contribution in [0.25, 0.3) is 11.3 Å². The van der Waals surface area contributed by atoms with Gasteiger partial charge in [0.15, 0.2) is 0 Å². The summed E-state index contributed by atoms with van der Waals surface area (Å²) in [5.41, 5.74) is -3.08. The van der Waals surface area contributed by atoms with Crippen LogP contribution in [0.3, 0.4) is 0 Å². The zero-order valence-corrected chi connectivity index (χ0v) is 16.8. The summed E-state index contributed by atoms with van der Waals surface area (Å²) in [6.07, 6.45) is -4.89. The first-order valence-corrected chi connectivity index (χ1v) is 8.58. The second-order valence-electron chi connectivity index (χ2n) is 5.71. The topological polar surface area (TPSA) is 73.5 Å². The molecule has 0 aliphatic rings. The molecule has 1 aromatic heterocycles. The standard InChI is InChI=1S/C17H14Cl2F3N3O4/c1-23-13(17(20,21)22)7-14(26)25(16(23)28)9-4-5-12(19)10(6-9)11(8-18)15(27)24(2)29-3/h4-8H,1-3H3/b11-8+. The zero-order chi connectivity index (χ0) is 22.1. The van der Waals surface area contributed by atoms with Gasteiger partial charge in [-0.2, -0.15) is 13.2 Å². The molecule has 12 heteroatoms. The molecule has 0 atom stereocenters. The molecule has 0 saturated carbocycles. The number of hydrogen-bond acceptors (Lipinski definition) is 4. The first-order valence-electron chi connectivity index (χ1n) is 7.77. The van der Waals surface area contributed by atoms with E-state index < -0.39 is 29.0 Å². The average Bonchev–Trinajstić information content (AvgIpc) is 2.65. The lowest BCUT2D eigenvalue weighted by atomic mass is 10.1. The number of halogens is 5. The number of hydrogen-bond donors (Lipinski definition) is 0. The lowest BCUT2D eigenvalue weighted by Gasteiger charge is -2.18. The van der Waals surface area contributed by atoms with Crippen molar-refractivity contribution in [2.24, 2.45) is 7.05 Å². The van der Waals surface area contributed by atoms with Crippen molar-refractivity contribution >= 4 is 34.7 Å². The van der Waals surface area contributed by atoms with Gasteiger partial charge in [-0.1, -0.05) is 23.2 Å². The molecule has 0 aliphatic heterocycles. The van der Waals surface area contributed by atoms with Gasteiger partial charge in [0.25, 0.3) is 11.5 Å². The lowest BCUT2D eigenvalue weighted by Crippen LogP contribution is -2.40. The molecule has 0 spiro atoms. The summed E-state index contributed by atoms with van der Waals surface area (Å²) in [4.78, 5) is 41.9. The Morgan fingerprint density at radius 1 is 1.24 bits per heavy atom. The molecule has 0 radical (unpaired) electrons. The van der Waals surface area contributed by atoms with Gasteiger partial charge in [0, 0.05) is 36.3 Å². The Hall–Kier alpha value is -2.56. The van der Waals surface area contributed by atoms with Crippen molar-refractivity contribution in [1.29, 1.82) is 0 Å². The minimum atomic E-state index is -4.89. The Kier molecular flexibility index (Phi) is 6.61. The molecule has 2 rings (SSSR count). The minimum absolute atomic E-state index is 0.0434. The van der Waals surface area contributed by atoms with E-state index in [0.717, 1.165) is 17.6 Å². The number of amides is 1. The van der Waals surface area contributed by atoms with Gasteiger partial charge in [-0.15, -0.1) is 0 Å². The van der Waals surface area contributed by atoms with Gasteiger partial charge in [0.05, 0.1) is 18.4 Å². The van der Waals surface area contributed by atoms with Gasteiger partial charge in [-0.3, -0.25) is 19.0 Å². The Morgan fingerprint density at radius 3 is 2.38 bits per heavy atom. The first kappa shape index (κ1) is 22.7. The van der Waals surface area contributed by atoms with Crippen LogP contribution in [0, 0.1) is 0 Å². The molecule has 0 fully saturated rings. The summed E-state index contributed by atoms with van der Waals surface area (Å²) in [6, 6.07) is 4.01. The number of carbonyl (C=O) groups excluding carboxylic acids is 1. The number of alkyl halides is 3. The first-order chi connectivity index (χ1) is 13.4. The van der Waals surface area contributed by atoms with E-state index >= 15 is 0 Å². The summed E-state index contributed by atoms with van der Waals surface area (Å²) in [7, 11) is 3.45. The van der Waals surface area contributed by atoms with Crippen molar-refractivity contribution < 1.29 is 22.8 Å². The molecule has 1 aromatic carbocycles. The molecule has 0 bridgehead atoms. The number of likely N-dealkylation sites (N-methyl/N-ethyl adjacent to an activating group) is 1. The highest BCUT2D eigenvalue weighted by molar-refractivity contribution is 6.39. The van der Waals surface area contributed by atoms with Crippen molar-refractivity contribution in [3.63, 3.8) is 0 Å². The predicted octanol–water partition coefficient (Wildman–Crippen LogP) is 2.81. The number of carbonyl (C=O) groups is 1. The minimum Gasteiger partial charge on any atom is -0.292 e. The van der Waals surface area contributed by atoms with E-state index in [9.17, 15) is 27.6 Å². The third kappa shape index (κ3) is 4.39. The lowest BCUT2D eigenvalue weighted by molar-refractivity contribution is -0.161. The maximum atomic E-state index is 13.0. The maximum Gasteiger partial charge on any atom is 0.431 e. The van der Waals surface area contributed by atoms with Crippen LogP contribution in [-0.4, -0.2) is 34.3 Å². The molecular weight excluding hydrogens is 438 g/mol. The molecule has 7 nitrogen and oxygen atoms in total. The number of hydroxylamine groups is 2. The maximum absolute atomic E-state index is 13.0. The number of aromatic nitrogens is 2. The van der Waals surface area contributed by atoms with Crippen molar-refractivity contribution in [2.75, 3.05) is 14.2 Å². The summed E-state index contributed by atoms with van der Waals surface area (Å²) in [6.45, 7) is 0. The normalized spacial score (nSPS) is 12.2. The second-order valence-corrected chi connectivity index (χ2v) is 6.34. The van der Waals surface area contributed by atoms with Crippen LogP contribution >= 0.6 is 23.2 Å². The smallest absolute Gasteiger partial charge is 0.292 e. The van der Waals surface area contributed by atoms with Crippen LogP contribution in [0.1, 0.15) is 11.3 Å². The van der Waals surface area contributed by atoms with E-state index in [1.54, 1.807) is 0 Å². The van der Waals surface area contributed by atoms with E-state index in [0.29, 0.717) is 15.2 Å². The second kappa shape index (κ2) is 8.44. The summed E-state index contributed by atoms with van der Waals surface area (Å²) < 4.78 is 39.8. The fraction of sp³-hybridized carbons (Fsp3) is 0.235. The molecule has 0 N–H and O–H groups in total. The van der Waals surface area contributed by atoms with E-state index in [1.807, 2.05) is 0 Å². The van der Waals surface area contributed by atoms with Gasteiger partial charge < -0.3 is 0 Å². The molecule has 1 amide bonds. The van der Waals surface area contributed by atoms with Gasteiger partial charge in [0.1, 0.15) is 5.69 Å². The fourth-order valence-corrected chi connectivity index (χ4v) is 2.90. The van der Waals surface area contributed by atoms with Crippen LogP contribution < -0.4 is 11.2 Å². The highest BCUT2D eigenvalue weighted by atomic mass is 35.5. The zero-order valence-electron chi connectivity index (χ0n) is 15.3. The summed E-state index contributed by atoms with van der Waals surface area (Å²) >= 11 is 11.9. The largest absolute Gasteiger partial charge is 0.431 e. The van der Waals surface area contributed by atoms with Crippen LogP contribution in [0.2, 0.25) is 5.02 Å². The molecule has 0 saturated heterocycles. The molecule has 0 aliphatic carbocycles. The van der Waals surface area contributed by atoms with Crippen molar-refractivity contribution in [2.45, 2.75) is 6.18 Å². The quantitative estimate of drug-likeness (QED) is 0.529. The number of benzene rings is 1. The van der Waals surface area contributed by atoms with E-state index in [-0.39, 0.29) is 21.8 Å². The van der Waals surface area contributed by atoms with Crippen LogP contribution in [0.15, 0.2) is 39.4 Å². The van der Waals surface area contributed by atoms with Crippen molar-refractivity contribution in [1.82, 2.24) is 14.2 Å². The number of nitrogens with zero attached hydrogens (tertiary/aromatic N) is 3. The van der Waals surface area contributed by atoms with Crippen molar-refractivity contribution in [3.8, 4) is 5.69 Å². The molecule has 2 aromatic rings. The number of rotatable bonds is 4. The van der Waals surface area contributed by atoms with E-state index in [2.05, 4.69) is 0 Å². The highest BCUT2D eigenvalue weighted by Gasteiger charge is 2.35. The molecular formula is C17H14Cl2F3N3O4. The molecule has 29 heavy (non-hydrogen) atoms. The molecule has 1 heterocycles. The van der Waals surface area contributed by atoms with Crippen LogP contribution in [0.5, 0.6) is 0 Å². The molecule has 0 unspecified atom stereocenters. The SMILES string of the molecule is CON(C)C(=O)/C(=C/Cl)c1cc(-n2c(=O)cc(C(F)(F)F)n(C)c2=O)ccc1Cl. The predicted molar refractivity (Wildman–Crippen MR) is 101 cm³/mol. The Morgan fingerprint density at radius 2 is 1.86 bits per heavy atom. The third-order valence-electron chi connectivity index (χ3n) is 4.01. The monoisotopic (exact) mass is 451 g/mol. The van der Waals surface area contributed by atoms with Gasteiger partial charge in [-0.25, -0.2) is 14.4 Å². The third-order valence-corrected chi connectivity index (χ3v) is 4.56. The van der Waals surface area contributed by atoms with E-state index in [4.69, 9.17) is 28.0 Å². The van der Waals surface area contributed by atoms with Crippen molar-refractivity contribution in [3.05, 3.63) is 66.9 Å². The Labute approximate surface area is 172 Å². The van der Waals surface area contributed by atoms with Crippen LogP contribution in [-0.2, 0) is 22.9 Å². The highest BCUT2D eigenvalue weighted by Crippen LogP contribution is 2.29. The van der Waals surface area contributed by atoms with Crippen LogP contribution in [0.4, 0.5) is 13.2 Å². The Balaban J connectivity index is 2.73. The molecule has 156 valence electrons.